The molecule has 0 bridgehead atoms. The minimum Gasteiger partial charge on any atom is -0.483 e. The van der Waals surface area contributed by atoms with Crippen molar-refractivity contribution in [3.8, 4) is 5.75 Å². The van der Waals surface area contributed by atoms with E-state index in [0.717, 1.165) is 16.0 Å². The maximum atomic E-state index is 12.3. The van der Waals surface area contributed by atoms with E-state index in [1.54, 1.807) is 12.1 Å². The Morgan fingerprint density at radius 2 is 2.03 bits per heavy atom. The van der Waals surface area contributed by atoms with Crippen LogP contribution in [-0.4, -0.2) is 26.4 Å². The summed E-state index contributed by atoms with van der Waals surface area (Å²) in [5.74, 6) is 1.51. The van der Waals surface area contributed by atoms with E-state index in [1.807, 2.05) is 54.8 Å². The summed E-state index contributed by atoms with van der Waals surface area (Å²) in [5.41, 5.74) is 0.572. The highest BCUT2D eigenvalue weighted by Crippen LogP contribution is 2.27. The van der Waals surface area contributed by atoms with Gasteiger partial charge in [0, 0.05) is 11.0 Å². The SMILES string of the molecule is CCn1c(SCC(=O)Nc2ccc(Br)cc2Cl)nnc1C(C)Oc1ccccc1. The number of carbonyl (C=O) groups is 1. The van der Waals surface area contributed by atoms with Crippen molar-refractivity contribution >= 4 is 50.9 Å². The number of amides is 1. The standard InChI is InChI=1S/C20H20BrClN4O2S/c1-3-26-19(13(2)28-15-7-5-4-6-8-15)24-25-20(26)29-12-18(27)23-17-10-9-14(21)11-16(17)22/h4-11,13H,3,12H2,1-2H3,(H,23,27). The molecule has 0 aliphatic carbocycles. The van der Waals surface area contributed by atoms with Crippen molar-refractivity contribution in [1.29, 1.82) is 0 Å². The summed E-state index contributed by atoms with van der Waals surface area (Å²) in [6.07, 6.45) is -0.269. The summed E-state index contributed by atoms with van der Waals surface area (Å²) in [7, 11) is 0. The van der Waals surface area contributed by atoms with Gasteiger partial charge in [-0.3, -0.25) is 4.79 Å². The van der Waals surface area contributed by atoms with E-state index in [0.29, 0.717) is 22.4 Å². The van der Waals surface area contributed by atoms with Gasteiger partial charge in [-0.1, -0.05) is 57.5 Å². The van der Waals surface area contributed by atoms with E-state index in [2.05, 4.69) is 31.4 Å². The van der Waals surface area contributed by atoms with Crippen molar-refractivity contribution in [3.63, 3.8) is 0 Å². The molecule has 0 radical (unpaired) electrons. The van der Waals surface area contributed by atoms with Gasteiger partial charge in [0.25, 0.3) is 0 Å². The van der Waals surface area contributed by atoms with E-state index in [9.17, 15) is 4.79 Å². The molecule has 1 N–H and O–H groups in total. The summed E-state index contributed by atoms with van der Waals surface area (Å²) < 4.78 is 8.76. The van der Waals surface area contributed by atoms with Gasteiger partial charge in [-0.05, 0) is 44.2 Å². The van der Waals surface area contributed by atoms with Crippen molar-refractivity contribution in [3.05, 3.63) is 63.9 Å². The van der Waals surface area contributed by atoms with Gasteiger partial charge >= 0.3 is 0 Å². The quantitative estimate of drug-likeness (QED) is 0.413. The average molecular weight is 496 g/mol. The summed E-state index contributed by atoms with van der Waals surface area (Å²) in [4.78, 5) is 12.3. The Labute approximate surface area is 187 Å². The zero-order chi connectivity index (χ0) is 20.8. The van der Waals surface area contributed by atoms with Crippen molar-refractivity contribution < 1.29 is 9.53 Å². The summed E-state index contributed by atoms with van der Waals surface area (Å²) in [6, 6.07) is 14.9. The number of aromatic nitrogens is 3. The minimum atomic E-state index is -0.269. The van der Waals surface area contributed by atoms with Crippen LogP contribution >= 0.6 is 39.3 Å². The Morgan fingerprint density at radius 1 is 1.28 bits per heavy atom. The lowest BCUT2D eigenvalue weighted by Crippen LogP contribution is -2.15. The van der Waals surface area contributed by atoms with E-state index in [1.165, 1.54) is 11.8 Å². The second-order valence-corrected chi connectivity index (χ2v) is 8.38. The minimum absolute atomic E-state index is 0.167. The molecule has 9 heteroatoms. The molecule has 0 aliphatic heterocycles. The van der Waals surface area contributed by atoms with Crippen LogP contribution in [0.2, 0.25) is 5.02 Å². The van der Waals surface area contributed by atoms with Gasteiger partial charge in [-0.15, -0.1) is 10.2 Å². The number of hydrogen-bond donors (Lipinski definition) is 1. The Hall–Kier alpha value is -2.03. The topological polar surface area (TPSA) is 69.0 Å². The first-order valence-electron chi connectivity index (χ1n) is 9.00. The van der Waals surface area contributed by atoms with E-state index < -0.39 is 0 Å². The van der Waals surface area contributed by atoms with Crippen LogP contribution in [0.4, 0.5) is 5.69 Å². The van der Waals surface area contributed by atoms with Crippen molar-refractivity contribution in [2.24, 2.45) is 0 Å². The van der Waals surface area contributed by atoms with E-state index in [4.69, 9.17) is 16.3 Å². The van der Waals surface area contributed by atoms with E-state index >= 15 is 0 Å². The maximum Gasteiger partial charge on any atom is 0.234 e. The van der Waals surface area contributed by atoms with Crippen LogP contribution in [-0.2, 0) is 11.3 Å². The zero-order valence-electron chi connectivity index (χ0n) is 15.9. The highest BCUT2D eigenvalue weighted by molar-refractivity contribution is 9.10. The van der Waals surface area contributed by atoms with Gasteiger partial charge in [-0.2, -0.15) is 0 Å². The Kier molecular flexibility index (Phi) is 7.57. The molecule has 152 valence electrons. The van der Waals surface area contributed by atoms with Gasteiger partial charge in [-0.25, -0.2) is 0 Å². The fraction of sp³-hybridized carbons (Fsp3) is 0.250. The molecule has 1 aromatic heterocycles. The van der Waals surface area contributed by atoms with Crippen LogP contribution in [0.5, 0.6) is 5.75 Å². The molecule has 1 amide bonds. The number of anilines is 1. The fourth-order valence-electron chi connectivity index (χ4n) is 2.67. The smallest absolute Gasteiger partial charge is 0.234 e. The molecule has 29 heavy (non-hydrogen) atoms. The predicted molar refractivity (Wildman–Crippen MR) is 120 cm³/mol. The lowest BCUT2D eigenvalue weighted by atomic mass is 10.3. The third kappa shape index (κ3) is 5.74. The predicted octanol–water partition coefficient (Wildman–Crippen LogP) is 5.58. The van der Waals surface area contributed by atoms with Crippen molar-refractivity contribution in [2.45, 2.75) is 31.7 Å². The van der Waals surface area contributed by atoms with Crippen molar-refractivity contribution in [1.82, 2.24) is 14.8 Å². The molecule has 0 saturated carbocycles. The zero-order valence-corrected chi connectivity index (χ0v) is 19.1. The number of thioether (sulfide) groups is 1. The first-order valence-corrected chi connectivity index (χ1v) is 11.2. The summed E-state index contributed by atoms with van der Waals surface area (Å²) in [6.45, 7) is 4.61. The summed E-state index contributed by atoms with van der Waals surface area (Å²) >= 11 is 10.8. The molecule has 3 aromatic rings. The second-order valence-electron chi connectivity index (χ2n) is 6.12. The second kappa shape index (κ2) is 10.1. The molecule has 3 rings (SSSR count). The number of ether oxygens (including phenoxy) is 1. The molecule has 1 heterocycles. The molecule has 0 spiro atoms. The molecular formula is C20H20BrClN4O2S. The molecule has 1 atom stereocenters. The number of hydrogen-bond acceptors (Lipinski definition) is 5. The Balaban J connectivity index is 1.63. The van der Waals surface area contributed by atoms with Gasteiger partial charge < -0.3 is 14.6 Å². The molecule has 0 aliphatic rings. The largest absolute Gasteiger partial charge is 0.483 e. The normalized spacial score (nSPS) is 11.9. The molecular weight excluding hydrogens is 476 g/mol. The third-order valence-corrected chi connectivity index (χ3v) is 5.79. The molecule has 1 unspecified atom stereocenters. The van der Waals surface area contributed by atoms with Crippen LogP contribution in [0.15, 0.2) is 58.2 Å². The molecule has 6 nitrogen and oxygen atoms in total. The number of halogens is 2. The third-order valence-electron chi connectivity index (χ3n) is 4.02. The first kappa shape index (κ1) is 21.7. The number of carbonyl (C=O) groups excluding carboxylic acids is 1. The van der Waals surface area contributed by atoms with Crippen LogP contribution in [0.3, 0.4) is 0 Å². The highest BCUT2D eigenvalue weighted by atomic mass is 79.9. The molecule has 2 aromatic carbocycles. The lowest BCUT2D eigenvalue weighted by Gasteiger charge is -2.15. The van der Waals surface area contributed by atoms with Crippen LogP contribution in [0.25, 0.3) is 0 Å². The number of nitrogens with one attached hydrogen (secondary N) is 1. The maximum absolute atomic E-state index is 12.3. The van der Waals surface area contributed by atoms with Crippen molar-refractivity contribution in [2.75, 3.05) is 11.1 Å². The van der Waals surface area contributed by atoms with Gasteiger partial charge in [0.05, 0.1) is 16.5 Å². The highest BCUT2D eigenvalue weighted by Gasteiger charge is 2.19. The number of benzene rings is 2. The number of para-hydroxylation sites is 1. The first-order chi connectivity index (χ1) is 14.0. The van der Waals surface area contributed by atoms with E-state index in [-0.39, 0.29) is 17.8 Å². The monoisotopic (exact) mass is 494 g/mol. The number of rotatable bonds is 8. The Bertz CT molecular complexity index is 984. The number of nitrogens with zero attached hydrogens (tertiary/aromatic N) is 3. The average Bonchev–Trinajstić information content (AvgIpc) is 3.12. The lowest BCUT2D eigenvalue weighted by molar-refractivity contribution is -0.113. The Morgan fingerprint density at radius 3 is 2.72 bits per heavy atom. The van der Waals surface area contributed by atoms with Crippen LogP contribution in [0.1, 0.15) is 25.8 Å². The van der Waals surface area contributed by atoms with Gasteiger partial charge in [0.15, 0.2) is 17.1 Å². The molecule has 0 fully saturated rings. The molecule has 0 saturated heterocycles. The van der Waals surface area contributed by atoms with Gasteiger partial charge in [0.2, 0.25) is 5.91 Å². The van der Waals surface area contributed by atoms with Crippen LogP contribution < -0.4 is 10.1 Å². The summed E-state index contributed by atoms with van der Waals surface area (Å²) in [5, 5.41) is 12.5. The van der Waals surface area contributed by atoms with Gasteiger partial charge in [0.1, 0.15) is 5.75 Å². The van der Waals surface area contributed by atoms with Crippen LogP contribution in [0, 0.1) is 0 Å². The fourth-order valence-corrected chi connectivity index (χ4v) is 4.20.